The summed E-state index contributed by atoms with van der Waals surface area (Å²) in [5.41, 5.74) is 2.64. The maximum Gasteiger partial charge on any atom is 0.191 e. The Labute approximate surface area is 155 Å². The molecule has 0 unspecified atom stereocenters. The first-order chi connectivity index (χ1) is 11.6. The molecule has 0 spiro atoms. The largest absolute Gasteiger partial charge is 0.356 e. The van der Waals surface area contributed by atoms with Gasteiger partial charge in [0.2, 0.25) is 0 Å². The topological polar surface area (TPSA) is 49.3 Å². The van der Waals surface area contributed by atoms with Crippen LogP contribution in [-0.4, -0.2) is 24.5 Å². The number of aromatic nitrogens is 1. The molecule has 1 fully saturated rings. The van der Waals surface area contributed by atoms with Gasteiger partial charge in [-0.3, -0.25) is 4.99 Å². The second-order valence-corrected chi connectivity index (χ2v) is 7.27. The summed E-state index contributed by atoms with van der Waals surface area (Å²) in [6.07, 6.45) is 4.16. The monoisotopic (exact) mass is 406 g/mol. The number of nitrogens with one attached hydrogen (secondary N) is 2. The van der Waals surface area contributed by atoms with Crippen LogP contribution in [0.2, 0.25) is 5.15 Å². The van der Waals surface area contributed by atoms with Gasteiger partial charge in [-0.25, -0.2) is 4.98 Å². The standard InChI is InChI=1S/C18H20BrClN4/c1-21-17(23-11-13-6-7-16(20)22-10-13)24-12-18(8-9-18)14-4-2-3-5-15(14)19/h2-7,10H,8-9,11-12H2,1H3,(H2,21,23,24). The summed E-state index contributed by atoms with van der Waals surface area (Å²) in [5.74, 6) is 0.795. The highest BCUT2D eigenvalue weighted by Crippen LogP contribution is 2.49. The molecule has 1 heterocycles. The van der Waals surface area contributed by atoms with Crippen LogP contribution in [0.15, 0.2) is 52.1 Å². The van der Waals surface area contributed by atoms with Gasteiger partial charge in [0.1, 0.15) is 5.15 Å². The van der Waals surface area contributed by atoms with Crippen LogP contribution in [-0.2, 0) is 12.0 Å². The van der Waals surface area contributed by atoms with Gasteiger partial charge in [0.05, 0.1) is 0 Å². The number of aliphatic imine (C=N–C) groups is 1. The number of benzene rings is 1. The smallest absolute Gasteiger partial charge is 0.191 e. The van der Waals surface area contributed by atoms with E-state index in [0.717, 1.165) is 18.1 Å². The third-order valence-electron chi connectivity index (χ3n) is 4.37. The van der Waals surface area contributed by atoms with Crippen molar-refractivity contribution in [1.29, 1.82) is 0 Å². The summed E-state index contributed by atoms with van der Waals surface area (Å²) in [6, 6.07) is 12.2. The van der Waals surface area contributed by atoms with Gasteiger partial charge in [0.25, 0.3) is 0 Å². The van der Waals surface area contributed by atoms with E-state index in [1.165, 1.54) is 22.9 Å². The highest BCUT2D eigenvalue weighted by Gasteiger charge is 2.45. The first-order valence-electron chi connectivity index (χ1n) is 7.93. The van der Waals surface area contributed by atoms with Gasteiger partial charge in [-0.05, 0) is 36.1 Å². The predicted molar refractivity (Wildman–Crippen MR) is 103 cm³/mol. The van der Waals surface area contributed by atoms with E-state index in [1.54, 1.807) is 19.3 Å². The fraction of sp³-hybridized carbons (Fsp3) is 0.333. The summed E-state index contributed by atoms with van der Waals surface area (Å²) in [4.78, 5) is 8.39. The Morgan fingerprint density at radius 1 is 1.25 bits per heavy atom. The third-order valence-corrected chi connectivity index (χ3v) is 5.28. The maximum absolute atomic E-state index is 5.81. The molecule has 1 saturated carbocycles. The van der Waals surface area contributed by atoms with Crippen molar-refractivity contribution in [3.05, 3.63) is 63.3 Å². The molecule has 0 saturated heterocycles. The summed E-state index contributed by atoms with van der Waals surface area (Å²) < 4.78 is 1.18. The molecule has 0 aliphatic heterocycles. The van der Waals surface area contributed by atoms with E-state index in [4.69, 9.17) is 11.6 Å². The van der Waals surface area contributed by atoms with Crippen LogP contribution in [0.5, 0.6) is 0 Å². The van der Waals surface area contributed by atoms with Gasteiger partial charge in [-0.15, -0.1) is 0 Å². The van der Waals surface area contributed by atoms with Crippen LogP contribution in [0.4, 0.5) is 0 Å². The normalized spacial score (nSPS) is 15.9. The lowest BCUT2D eigenvalue weighted by atomic mass is 9.96. The number of rotatable bonds is 5. The SMILES string of the molecule is CN=C(NCc1ccc(Cl)nc1)NCC1(c2ccccc2Br)CC1. The van der Waals surface area contributed by atoms with Crippen LogP contribution >= 0.6 is 27.5 Å². The van der Waals surface area contributed by atoms with Crippen molar-refractivity contribution in [2.24, 2.45) is 4.99 Å². The zero-order valence-corrected chi connectivity index (χ0v) is 15.9. The summed E-state index contributed by atoms with van der Waals surface area (Å²) >= 11 is 9.48. The number of hydrogen-bond acceptors (Lipinski definition) is 2. The third kappa shape index (κ3) is 4.08. The molecule has 126 valence electrons. The van der Waals surface area contributed by atoms with E-state index in [0.29, 0.717) is 11.7 Å². The van der Waals surface area contributed by atoms with Crippen molar-refractivity contribution in [1.82, 2.24) is 15.6 Å². The van der Waals surface area contributed by atoms with Crippen molar-refractivity contribution < 1.29 is 0 Å². The zero-order chi connectivity index (χ0) is 17.0. The van der Waals surface area contributed by atoms with Crippen LogP contribution in [0.3, 0.4) is 0 Å². The fourth-order valence-corrected chi connectivity index (χ4v) is 3.57. The second-order valence-electron chi connectivity index (χ2n) is 6.03. The van der Waals surface area contributed by atoms with E-state index in [2.05, 4.69) is 60.8 Å². The molecule has 0 radical (unpaired) electrons. The van der Waals surface area contributed by atoms with Gasteiger partial charge in [-0.1, -0.05) is 51.8 Å². The molecule has 4 nitrogen and oxygen atoms in total. The van der Waals surface area contributed by atoms with Gasteiger partial charge in [0.15, 0.2) is 5.96 Å². The zero-order valence-electron chi connectivity index (χ0n) is 13.5. The minimum absolute atomic E-state index is 0.208. The average Bonchev–Trinajstić information content (AvgIpc) is 3.38. The van der Waals surface area contributed by atoms with Crippen LogP contribution in [0, 0.1) is 0 Å². The highest BCUT2D eigenvalue weighted by molar-refractivity contribution is 9.10. The lowest BCUT2D eigenvalue weighted by Gasteiger charge is -2.20. The van der Waals surface area contributed by atoms with Gasteiger partial charge in [0, 0.05) is 36.2 Å². The van der Waals surface area contributed by atoms with Crippen molar-refractivity contribution in [3.63, 3.8) is 0 Å². The quantitative estimate of drug-likeness (QED) is 0.449. The fourth-order valence-electron chi connectivity index (χ4n) is 2.75. The van der Waals surface area contributed by atoms with E-state index in [9.17, 15) is 0 Å². The average molecular weight is 408 g/mol. The Kier molecular flexibility index (Phi) is 5.41. The molecule has 1 aliphatic rings. The van der Waals surface area contributed by atoms with Gasteiger partial charge < -0.3 is 10.6 Å². The lowest BCUT2D eigenvalue weighted by molar-refractivity contribution is 0.643. The summed E-state index contributed by atoms with van der Waals surface area (Å²) in [7, 11) is 1.79. The number of nitrogens with zero attached hydrogens (tertiary/aromatic N) is 2. The molecular weight excluding hydrogens is 388 g/mol. The molecule has 2 aromatic rings. The second kappa shape index (κ2) is 7.53. The molecule has 6 heteroatoms. The van der Waals surface area contributed by atoms with E-state index < -0.39 is 0 Å². The summed E-state index contributed by atoms with van der Waals surface area (Å²) in [6.45, 7) is 1.53. The molecule has 0 amide bonds. The minimum Gasteiger partial charge on any atom is -0.356 e. The Bertz CT molecular complexity index is 726. The van der Waals surface area contributed by atoms with Crippen molar-refractivity contribution in [3.8, 4) is 0 Å². The van der Waals surface area contributed by atoms with Crippen LogP contribution in [0.25, 0.3) is 0 Å². The van der Waals surface area contributed by atoms with E-state index in [-0.39, 0.29) is 5.41 Å². The number of halogens is 2. The Morgan fingerprint density at radius 2 is 2.04 bits per heavy atom. The highest BCUT2D eigenvalue weighted by atomic mass is 79.9. The molecule has 3 rings (SSSR count). The Morgan fingerprint density at radius 3 is 2.67 bits per heavy atom. The van der Waals surface area contributed by atoms with Crippen molar-refractivity contribution >= 4 is 33.5 Å². The molecule has 1 aliphatic carbocycles. The number of pyridine rings is 1. The number of hydrogen-bond donors (Lipinski definition) is 2. The van der Waals surface area contributed by atoms with Gasteiger partial charge in [-0.2, -0.15) is 0 Å². The first kappa shape index (κ1) is 17.2. The Balaban J connectivity index is 1.57. The van der Waals surface area contributed by atoms with Crippen molar-refractivity contribution in [2.75, 3.05) is 13.6 Å². The Hall–Kier alpha value is -1.59. The van der Waals surface area contributed by atoms with Gasteiger partial charge >= 0.3 is 0 Å². The molecule has 0 atom stereocenters. The van der Waals surface area contributed by atoms with Crippen LogP contribution < -0.4 is 10.6 Å². The molecule has 2 N–H and O–H groups in total. The maximum atomic E-state index is 5.81. The van der Waals surface area contributed by atoms with E-state index in [1.807, 2.05) is 6.07 Å². The number of guanidine groups is 1. The molecule has 0 bridgehead atoms. The molecular formula is C18H20BrClN4. The predicted octanol–water partition coefficient (Wildman–Crippen LogP) is 3.89. The molecule has 1 aromatic carbocycles. The van der Waals surface area contributed by atoms with Crippen LogP contribution in [0.1, 0.15) is 24.0 Å². The minimum atomic E-state index is 0.208. The lowest BCUT2D eigenvalue weighted by Crippen LogP contribution is -2.41. The molecule has 1 aromatic heterocycles. The first-order valence-corrected chi connectivity index (χ1v) is 9.10. The summed E-state index contributed by atoms with van der Waals surface area (Å²) in [5, 5.41) is 7.27. The van der Waals surface area contributed by atoms with Crippen molar-refractivity contribution in [2.45, 2.75) is 24.8 Å². The molecule has 24 heavy (non-hydrogen) atoms. The van der Waals surface area contributed by atoms with E-state index >= 15 is 0 Å².